The molecule has 1 rings (SSSR count). The van der Waals surface area contributed by atoms with E-state index < -0.39 is 24.3 Å². The number of aliphatic hydroxyl groups is 2. The van der Waals surface area contributed by atoms with Crippen LogP contribution in [-0.2, 0) is 9.59 Å². The first kappa shape index (κ1) is 21.6. The average molecular weight is 359 g/mol. The molecule has 1 aliphatic rings. The van der Waals surface area contributed by atoms with E-state index in [0.29, 0.717) is 11.5 Å². The van der Waals surface area contributed by atoms with E-state index in [0.717, 1.165) is 19.3 Å². The molecule has 0 bridgehead atoms. The highest BCUT2D eigenvalue weighted by Crippen LogP contribution is 2.20. The molecule has 0 unspecified atom stereocenters. The van der Waals surface area contributed by atoms with Crippen LogP contribution in [0.5, 0.6) is 0 Å². The van der Waals surface area contributed by atoms with E-state index in [1.54, 1.807) is 6.92 Å². The lowest BCUT2D eigenvalue weighted by Crippen LogP contribution is -2.32. The molecular formula is C21H29NO4. The van der Waals surface area contributed by atoms with Crippen molar-refractivity contribution in [3.8, 4) is 0 Å². The van der Waals surface area contributed by atoms with Gasteiger partial charge in [0.15, 0.2) is 5.78 Å². The van der Waals surface area contributed by atoms with Crippen molar-refractivity contribution in [2.45, 2.75) is 46.1 Å². The molecule has 0 radical (unpaired) electrons. The molecule has 1 fully saturated rings. The number of allylic oxidation sites excluding steroid dienone is 8. The molecule has 1 aliphatic heterocycles. The Morgan fingerprint density at radius 3 is 2.54 bits per heavy atom. The molecule has 1 heterocycles. The summed E-state index contributed by atoms with van der Waals surface area (Å²) in [4.78, 5) is 23.8. The van der Waals surface area contributed by atoms with Crippen LogP contribution >= 0.6 is 0 Å². The second kappa shape index (κ2) is 11.3. The van der Waals surface area contributed by atoms with E-state index in [1.165, 1.54) is 0 Å². The smallest absolute Gasteiger partial charge is 0.259 e. The normalized spacial score (nSPS) is 22.0. The highest BCUT2D eigenvalue weighted by Gasteiger charge is 2.38. The van der Waals surface area contributed by atoms with Gasteiger partial charge in [0.2, 0.25) is 0 Å². The van der Waals surface area contributed by atoms with Gasteiger partial charge in [-0.2, -0.15) is 0 Å². The lowest BCUT2D eigenvalue weighted by atomic mass is 9.99. The summed E-state index contributed by atoms with van der Waals surface area (Å²) in [5.74, 6) is -1.02. The number of rotatable bonds is 9. The van der Waals surface area contributed by atoms with E-state index >= 15 is 0 Å². The molecule has 0 saturated carbocycles. The van der Waals surface area contributed by atoms with Crippen LogP contribution in [0.15, 0.2) is 59.4 Å². The van der Waals surface area contributed by atoms with Crippen molar-refractivity contribution in [3.63, 3.8) is 0 Å². The molecule has 0 aromatic heterocycles. The number of carbonyl (C=O) groups is 2. The molecule has 2 atom stereocenters. The van der Waals surface area contributed by atoms with E-state index in [1.807, 2.05) is 43.4 Å². The summed E-state index contributed by atoms with van der Waals surface area (Å²) >= 11 is 0. The van der Waals surface area contributed by atoms with Gasteiger partial charge in [-0.3, -0.25) is 9.59 Å². The first-order chi connectivity index (χ1) is 12.4. The van der Waals surface area contributed by atoms with Crippen molar-refractivity contribution in [3.05, 3.63) is 59.4 Å². The van der Waals surface area contributed by atoms with E-state index in [4.69, 9.17) is 5.11 Å². The number of amides is 1. The zero-order valence-corrected chi connectivity index (χ0v) is 15.7. The molecule has 26 heavy (non-hydrogen) atoms. The molecule has 1 amide bonds. The summed E-state index contributed by atoms with van der Waals surface area (Å²) < 4.78 is 0. The number of ketones is 1. The van der Waals surface area contributed by atoms with Crippen molar-refractivity contribution < 1.29 is 19.8 Å². The number of Topliss-reactive ketones (excluding diaryl/α,β-unsaturated/α-hetero) is 1. The minimum atomic E-state index is -0.957. The van der Waals surface area contributed by atoms with Crippen molar-refractivity contribution in [1.82, 2.24) is 5.32 Å². The molecule has 0 spiro atoms. The molecule has 5 heteroatoms. The van der Waals surface area contributed by atoms with Crippen LogP contribution in [-0.4, -0.2) is 34.6 Å². The average Bonchev–Trinajstić information content (AvgIpc) is 2.90. The summed E-state index contributed by atoms with van der Waals surface area (Å²) in [6.45, 7) is 5.32. The molecule has 0 aliphatic carbocycles. The maximum absolute atomic E-state index is 12.0. The zero-order valence-electron chi connectivity index (χ0n) is 15.7. The van der Waals surface area contributed by atoms with Gasteiger partial charge in [0, 0.05) is 0 Å². The maximum atomic E-state index is 12.0. The Balaban J connectivity index is 2.56. The molecule has 0 aromatic rings. The summed E-state index contributed by atoms with van der Waals surface area (Å²) in [6, 6.07) is -0.957. The van der Waals surface area contributed by atoms with Gasteiger partial charge in [0.05, 0.1) is 6.61 Å². The monoisotopic (exact) mass is 359 g/mol. The largest absolute Gasteiger partial charge is 0.507 e. The van der Waals surface area contributed by atoms with Crippen LogP contribution < -0.4 is 5.32 Å². The van der Waals surface area contributed by atoms with Crippen molar-refractivity contribution in [1.29, 1.82) is 0 Å². The Bertz CT molecular complexity index is 653. The van der Waals surface area contributed by atoms with Crippen LogP contribution in [0.3, 0.4) is 0 Å². The predicted molar refractivity (Wildman–Crippen MR) is 104 cm³/mol. The number of hydrogen-bond donors (Lipinski definition) is 3. The summed E-state index contributed by atoms with van der Waals surface area (Å²) in [6.07, 6.45) is 16.5. The second-order valence-corrected chi connectivity index (χ2v) is 6.44. The van der Waals surface area contributed by atoms with Crippen LogP contribution in [0.1, 0.15) is 40.0 Å². The minimum Gasteiger partial charge on any atom is -0.507 e. The Labute approximate surface area is 155 Å². The molecule has 0 aromatic carbocycles. The fourth-order valence-electron chi connectivity index (χ4n) is 2.56. The third kappa shape index (κ3) is 6.48. The lowest BCUT2D eigenvalue weighted by molar-refractivity contribution is -0.117. The second-order valence-electron chi connectivity index (χ2n) is 6.44. The van der Waals surface area contributed by atoms with Gasteiger partial charge in [-0.15, -0.1) is 0 Å². The molecule has 142 valence electrons. The Hall–Kier alpha value is -2.40. The molecule has 1 saturated heterocycles. The quantitative estimate of drug-likeness (QED) is 0.255. The number of hydrogen-bond acceptors (Lipinski definition) is 4. The fraction of sp³-hybridized carbons (Fsp3) is 0.429. The summed E-state index contributed by atoms with van der Waals surface area (Å²) in [5, 5.41) is 21.6. The van der Waals surface area contributed by atoms with Gasteiger partial charge in [0.1, 0.15) is 17.4 Å². The maximum Gasteiger partial charge on any atom is 0.259 e. The van der Waals surface area contributed by atoms with Gasteiger partial charge in [-0.25, -0.2) is 0 Å². The Kier molecular flexibility index (Phi) is 9.37. The standard InChI is InChI=1S/C21H29NO4/c1-4-5-6-7-8-9-11-15(2)12-10-13-16(3)19(24)18-20(25)17(14-23)22-21(18)26/h4-9,13,15,17,23-24H,10-12,14H2,1-3H3,(H,22,26)/b5-4+,7-6+,9-8+,16-13+,19-18-/t15-,17-/m0/s1. The SMILES string of the molecule is C/C=C/C=C/C=C/C[C@H](C)CC/C=C(C)/C(O)=C1/C(=O)N[C@@H](CO)C1=O. The third-order valence-corrected chi connectivity index (χ3v) is 4.20. The van der Waals surface area contributed by atoms with Gasteiger partial charge in [-0.05, 0) is 44.6 Å². The van der Waals surface area contributed by atoms with Crippen LogP contribution in [0, 0.1) is 5.92 Å². The molecule has 5 nitrogen and oxygen atoms in total. The van der Waals surface area contributed by atoms with Crippen molar-refractivity contribution in [2.24, 2.45) is 5.92 Å². The number of carbonyl (C=O) groups excluding carboxylic acids is 2. The predicted octanol–water partition coefficient (Wildman–Crippen LogP) is 3.30. The topological polar surface area (TPSA) is 86.6 Å². The van der Waals surface area contributed by atoms with Gasteiger partial charge in [-0.1, -0.05) is 49.5 Å². The molecular weight excluding hydrogens is 330 g/mol. The van der Waals surface area contributed by atoms with Crippen molar-refractivity contribution >= 4 is 11.7 Å². The van der Waals surface area contributed by atoms with E-state index in [-0.39, 0.29) is 11.3 Å². The minimum absolute atomic E-state index is 0.262. The Morgan fingerprint density at radius 2 is 1.92 bits per heavy atom. The van der Waals surface area contributed by atoms with Crippen LogP contribution in [0.4, 0.5) is 0 Å². The van der Waals surface area contributed by atoms with E-state index in [9.17, 15) is 14.7 Å². The van der Waals surface area contributed by atoms with E-state index in [2.05, 4.69) is 18.3 Å². The van der Waals surface area contributed by atoms with Gasteiger partial charge >= 0.3 is 0 Å². The number of aliphatic hydroxyl groups excluding tert-OH is 2. The first-order valence-corrected chi connectivity index (χ1v) is 8.93. The first-order valence-electron chi connectivity index (χ1n) is 8.93. The lowest BCUT2D eigenvalue weighted by Gasteiger charge is -2.07. The van der Waals surface area contributed by atoms with Crippen LogP contribution in [0.2, 0.25) is 0 Å². The Morgan fingerprint density at radius 1 is 1.23 bits per heavy atom. The van der Waals surface area contributed by atoms with Crippen LogP contribution in [0.25, 0.3) is 0 Å². The highest BCUT2D eigenvalue weighted by molar-refractivity contribution is 6.27. The third-order valence-electron chi connectivity index (χ3n) is 4.20. The summed E-state index contributed by atoms with van der Waals surface area (Å²) in [5.41, 5.74) is 0.237. The van der Waals surface area contributed by atoms with Gasteiger partial charge in [0.25, 0.3) is 5.91 Å². The molecule has 3 N–H and O–H groups in total. The zero-order chi connectivity index (χ0) is 19.5. The van der Waals surface area contributed by atoms with Gasteiger partial charge < -0.3 is 15.5 Å². The van der Waals surface area contributed by atoms with Crippen molar-refractivity contribution in [2.75, 3.05) is 6.61 Å². The number of nitrogens with one attached hydrogen (secondary N) is 1. The highest BCUT2D eigenvalue weighted by atomic mass is 16.3. The summed E-state index contributed by atoms with van der Waals surface area (Å²) in [7, 11) is 0. The fourth-order valence-corrected chi connectivity index (χ4v) is 2.56.